The van der Waals surface area contributed by atoms with Crippen molar-refractivity contribution in [1.29, 1.82) is 0 Å². The second-order valence-electron chi connectivity index (χ2n) is 4.16. The second kappa shape index (κ2) is 6.92. The van der Waals surface area contributed by atoms with Gasteiger partial charge in [0.25, 0.3) is 0 Å². The number of benzene rings is 1. The van der Waals surface area contributed by atoms with Crippen molar-refractivity contribution < 1.29 is 4.74 Å². The molecule has 0 aromatic heterocycles. The molecule has 3 heteroatoms. The fourth-order valence-corrected chi connectivity index (χ4v) is 1.61. The molecule has 16 heavy (non-hydrogen) atoms. The number of hydrogen-bond donors (Lipinski definition) is 1. The first-order chi connectivity index (χ1) is 7.61. The van der Waals surface area contributed by atoms with Gasteiger partial charge in [-0.25, -0.2) is 0 Å². The van der Waals surface area contributed by atoms with Crippen LogP contribution in [0.5, 0.6) is 5.75 Å². The highest BCUT2D eigenvalue weighted by atomic mass is 79.9. The fourth-order valence-electron chi connectivity index (χ4n) is 1.34. The van der Waals surface area contributed by atoms with E-state index in [1.54, 1.807) is 0 Å². The summed E-state index contributed by atoms with van der Waals surface area (Å²) < 4.78 is 6.96. The van der Waals surface area contributed by atoms with Crippen LogP contribution in [-0.2, 0) is 0 Å². The van der Waals surface area contributed by atoms with E-state index in [0.29, 0.717) is 6.04 Å². The first-order valence-electron chi connectivity index (χ1n) is 5.77. The van der Waals surface area contributed by atoms with E-state index in [1.165, 1.54) is 0 Å². The van der Waals surface area contributed by atoms with Crippen LogP contribution in [-0.4, -0.2) is 18.7 Å². The van der Waals surface area contributed by atoms with Gasteiger partial charge in [-0.15, -0.1) is 0 Å². The molecule has 0 aliphatic carbocycles. The zero-order valence-electron chi connectivity index (χ0n) is 10.2. The first-order valence-corrected chi connectivity index (χ1v) is 6.56. The third kappa shape index (κ3) is 4.99. The van der Waals surface area contributed by atoms with Crippen LogP contribution in [0.3, 0.4) is 0 Å². The number of nitrogens with one attached hydrogen (secondary N) is 1. The van der Waals surface area contributed by atoms with Gasteiger partial charge >= 0.3 is 0 Å². The predicted molar refractivity (Wildman–Crippen MR) is 72.0 cm³/mol. The lowest BCUT2D eigenvalue weighted by atomic mass is 10.2. The van der Waals surface area contributed by atoms with Crippen molar-refractivity contribution in [3.05, 3.63) is 28.7 Å². The molecule has 1 atom stereocenters. The summed E-state index contributed by atoms with van der Waals surface area (Å²) in [6.07, 6.45) is 1.25. The van der Waals surface area contributed by atoms with Gasteiger partial charge < -0.3 is 10.1 Å². The molecule has 0 heterocycles. The summed E-state index contributed by atoms with van der Waals surface area (Å²) in [5.41, 5.74) is 0. The topological polar surface area (TPSA) is 21.3 Å². The van der Waals surface area contributed by atoms with Crippen molar-refractivity contribution in [1.82, 2.24) is 5.32 Å². The summed E-state index contributed by atoms with van der Waals surface area (Å²) in [6, 6.07) is 8.47. The minimum Gasteiger partial charge on any atom is -0.489 e. The molecule has 90 valence electrons. The van der Waals surface area contributed by atoms with Gasteiger partial charge in [-0.1, -0.05) is 36.7 Å². The van der Waals surface area contributed by atoms with E-state index in [2.05, 4.69) is 42.0 Å². The molecule has 0 radical (unpaired) electrons. The van der Waals surface area contributed by atoms with Gasteiger partial charge in [-0.3, -0.25) is 0 Å². The molecule has 1 aromatic carbocycles. The monoisotopic (exact) mass is 285 g/mol. The zero-order chi connectivity index (χ0) is 12.0. The maximum Gasteiger partial charge on any atom is 0.119 e. The Bertz CT molecular complexity index is 297. The van der Waals surface area contributed by atoms with Crippen molar-refractivity contribution >= 4 is 15.9 Å². The predicted octanol–water partition coefficient (Wildman–Crippen LogP) is 3.60. The number of ether oxygens (including phenoxy) is 1. The molecule has 0 aliphatic heterocycles. The molecule has 1 rings (SSSR count). The second-order valence-corrected chi connectivity index (χ2v) is 5.08. The van der Waals surface area contributed by atoms with Gasteiger partial charge in [0.1, 0.15) is 11.9 Å². The van der Waals surface area contributed by atoms with Crippen LogP contribution in [0.25, 0.3) is 0 Å². The number of rotatable bonds is 6. The largest absolute Gasteiger partial charge is 0.489 e. The van der Waals surface area contributed by atoms with Gasteiger partial charge in [0.15, 0.2) is 0 Å². The molecule has 0 amide bonds. The van der Waals surface area contributed by atoms with Crippen LogP contribution >= 0.6 is 15.9 Å². The molecule has 0 spiro atoms. The fraction of sp³-hybridized carbons (Fsp3) is 0.538. The van der Waals surface area contributed by atoms with Crippen molar-refractivity contribution in [3.63, 3.8) is 0 Å². The highest BCUT2D eigenvalue weighted by Gasteiger charge is 2.08. The van der Waals surface area contributed by atoms with Crippen LogP contribution in [0, 0.1) is 0 Å². The smallest absolute Gasteiger partial charge is 0.119 e. The van der Waals surface area contributed by atoms with E-state index >= 15 is 0 Å². The van der Waals surface area contributed by atoms with E-state index in [4.69, 9.17) is 4.74 Å². The van der Waals surface area contributed by atoms with Gasteiger partial charge in [0.05, 0.1) is 0 Å². The standard InChI is InChI=1S/C13H20BrNO/c1-4-12(9-15-10(2)3)16-13-7-5-11(14)6-8-13/h5-8,10,12,15H,4,9H2,1-3H3. The third-order valence-electron chi connectivity index (χ3n) is 2.33. The summed E-state index contributed by atoms with van der Waals surface area (Å²) in [7, 11) is 0. The lowest BCUT2D eigenvalue weighted by Gasteiger charge is -2.19. The van der Waals surface area contributed by atoms with Gasteiger partial charge in [-0.2, -0.15) is 0 Å². The Morgan fingerprint density at radius 1 is 1.25 bits per heavy atom. The Morgan fingerprint density at radius 3 is 2.38 bits per heavy atom. The zero-order valence-corrected chi connectivity index (χ0v) is 11.8. The van der Waals surface area contributed by atoms with Crippen LogP contribution in [0.4, 0.5) is 0 Å². The van der Waals surface area contributed by atoms with E-state index < -0.39 is 0 Å². The maximum atomic E-state index is 5.89. The highest BCUT2D eigenvalue weighted by molar-refractivity contribution is 9.10. The summed E-state index contributed by atoms with van der Waals surface area (Å²) in [5.74, 6) is 0.931. The molecule has 1 unspecified atom stereocenters. The Kier molecular flexibility index (Phi) is 5.85. The molecule has 1 N–H and O–H groups in total. The number of halogens is 1. The molecular formula is C13H20BrNO. The van der Waals surface area contributed by atoms with Crippen LogP contribution in [0.1, 0.15) is 27.2 Å². The van der Waals surface area contributed by atoms with Crippen molar-refractivity contribution in [2.24, 2.45) is 0 Å². The van der Waals surface area contributed by atoms with E-state index in [-0.39, 0.29) is 6.10 Å². The van der Waals surface area contributed by atoms with Crippen molar-refractivity contribution in [2.45, 2.75) is 39.3 Å². The van der Waals surface area contributed by atoms with Crippen LogP contribution < -0.4 is 10.1 Å². The third-order valence-corrected chi connectivity index (χ3v) is 2.85. The van der Waals surface area contributed by atoms with E-state index in [0.717, 1.165) is 23.2 Å². The molecule has 2 nitrogen and oxygen atoms in total. The summed E-state index contributed by atoms with van der Waals surface area (Å²) in [4.78, 5) is 0. The van der Waals surface area contributed by atoms with Crippen molar-refractivity contribution in [3.8, 4) is 5.75 Å². The normalized spacial score (nSPS) is 12.8. The minimum absolute atomic E-state index is 0.239. The summed E-state index contributed by atoms with van der Waals surface area (Å²) >= 11 is 3.41. The SMILES string of the molecule is CCC(CNC(C)C)Oc1ccc(Br)cc1. The summed E-state index contributed by atoms with van der Waals surface area (Å²) in [5, 5.41) is 3.39. The average molecular weight is 286 g/mol. The molecular weight excluding hydrogens is 266 g/mol. The minimum atomic E-state index is 0.239. The quantitative estimate of drug-likeness (QED) is 0.862. The molecule has 0 saturated heterocycles. The van der Waals surface area contributed by atoms with Gasteiger partial charge in [-0.05, 0) is 30.7 Å². The van der Waals surface area contributed by atoms with Crippen LogP contribution in [0.15, 0.2) is 28.7 Å². The molecule has 0 bridgehead atoms. The molecule has 0 aliphatic rings. The summed E-state index contributed by atoms with van der Waals surface area (Å²) in [6.45, 7) is 7.33. The average Bonchev–Trinajstić information content (AvgIpc) is 2.26. The Balaban J connectivity index is 2.46. The lowest BCUT2D eigenvalue weighted by molar-refractivity contribution is 0.190. The first kappa shape index (κ1) is 13.5. The van der Waals surface area contributed by atoms with Gasteiger partial charge in [0, 0.05) is 17.1 Å². The molecule has 1 aromatic rings. The highest BCUT2D eigenvalue weighted by Crippen LogP contribution is 2.17. The molecule has 0 fully saturated rings. The lowest BCUT2D eigenvalue weighted by Crippen LogP contribution is -2.34. The Labute approximate surface area is 107 Å². The Hall–Kier alpha value is -0.540. The van der Waals surface area contributed by atoms with Crippen molar-refractivity contribution in [2.75, 3.05) is 6.54 Å². The number of hydrogen-bond acceptors (Lipinski definition) is 2. The Morgan fingerprint density at radius 2 is 1.88 bits per heavy atom. The van der Waals surface area contributed by atoms with Gasteiger partial charge in [0.2, 0.25) is 0 Å². The van der Waals surface area contributed by atoms with E-state index in [1.807, 2.05) is 24.3 Å². The van der Waals surface area contributed by atoms with E-state index in [9.17, 15) is 0 Å². The molecule has 0 saturated carbocycles. The van der Waals surface area contributed by atoms with Crippen LogP contribution in [0.2, 0.25) is 0 Å². The maximum absolute atomic E-state index is 5.89.